The van der Waals surface area contributed by atoms with Crippen LogP contribution in [0.1, 0.15) is 6.92 Å². The third-order valence-electron chi connectivity index (χ3n) is 4.51. The zero-order valence-electron chi connectivity index (χ0n) is 16.3. The summed E-state index contributed by atoms with van der Waals surface area (Å²) in [7, 11) is 0. The maximum Gasteiger partial charge on any atom is 0.237 e. The summed E-state index contributed by atoms with van der Waals surface area (Å²) >= 11 is 1.25. The molecule has 30 heavy (non-hydrogen) atoms. The number of nitrogens with one attached hydrogen (secondary N) is 1. The number of carbonyl (C=O) groups excluding carboxylic acids is 1. The van der Waals surface area contributed by atoms with Gasteiger partial charge in [0.2, 0.25) is 11.1 Å². The van der Waals surface area contributed by atoms with Gasteiger partial charge >= 0.3 is 0 Å². The molecule has 0 spiro atoms. The first-order valence-electron chi connectivity index (χ1n) is 9.36. The van der Waals surface area contributed by atoms with E-state index in [1.807, 2.05) is 67.6 Å². The minimum absolute atomic E-state index is 0.144. The summed E-state index contributed by atoms with van der Waals surface area (Å²) in [5, 5.41) is 11.3. The molecule has 2 aromatic heterocycles. The maximum absolute atomic E-state index is 12.8. The van der Waals surface area contributed by atoms with E-state index >= 15 is 0 Å². The number of nitrogens with zero attached hydrogens (tertiary/aromatic N) is 4. The third kappa shape index (κ3) is 4.18. The van der Waals surface area contributed by atoms with E-state index in [1.165, 1.54) is 16.4 Å². The van der Waals surface area contributed by atoms with E-state index in [1.54, 1.807) is 18.5 Å². The molecule has 0 saturated carbocycles. The van der Waals surface area contributed by atoms with Crippen LogP contribution in [-0.2, 0) is 4.79 Å². The number of nitrogen functional groups attached to an aromatic ring is 1. The van der Waals surface area contributed by atoms with Crippen LogP contribution in [0, 0.1) is 0 Å². The van der Waals surface area contributed by atoms with Crippen LogP contribution in [0.3, 0.4) is 0 Å². The van der Waals surface area contributed by atoms with E-state index < -0.39 is 5.25 Å². The molecule has 2 aromatic carbocycles. The minimum Gasteiger partial charge on any atom is -0.335 e. The Balaban J connectivity index is 1.49. The van der Waals surface area contributed by atoms with Crippen LogP contribution < -0.4 is 11.2 Å². The SMILES string of the molecule is C[C@H](Sc1nnc(-c2cccnc2)n1N)C(=O)Nc1ccccc1-c1ccccc1. The molecule has 0 radical (unpaired) electrons. The molecular formula is C22H20N6OS. The fourth-order valence-electron chi connectivity index (χ4n) is 2.96. The highest BCUT2D eigenvalue weighted by Gasteiger charge is 2.21. The van der Waals surface area contributed by atoms with Crippen molar-refractivity contribution in [1.29, 1.82) is 0 Å². The van der Waals surface area contributed by atoms with Gasteiger partial charge < -0.3 is 11.2 Å². The minimum atomic E-state index is -0.429. The van der Waals surface area contributed by atoms with Crippen molar-refractivity contribution in [2.45, 2.75) is 17.3 Å². The van der Waals surface area contributed by atoms with Crippen LogP contribution in [0.5, 0.6) is 0 Å². The van der Waals surface area contributed by atoms with Crippen molar-refractivity contribution in [3.63, 3.8) is 0 Å². The van der Waals surface area contributed by atoms with Crippen molar-refractivity contribution in [2.24, 2.45) is 0 Å². The summed E-state index contributed by atoms with van der Waals surface area (Å²) in [6, 6.07) is 21.3. The second-order valence-electron chi connectivity index (χ2n) is 6.58. The van der Waals surface area contributed by atoms with E-state index in [0.29, 0.717) is 11.0 Å². The third-order valence-corrected chi connectivity index (χ3v) is 5.56. The zero-order valence-corrected chi connectivity index (χ0v) is 17.1. The molecule has 3 N–H and O–H groups in total. The monoisotopic (exact) mass is 416 g/mol. The molecule has 0 aliphatic rings. The molecule has 1 amide bonds. The fraction of sp³-hybridized carbons (Fsp3) is 0.0909. The second-order valence-corrected chi connectivity index (χ2v) is 7.89. The van der Waals surface area contributed by atoms with Crippen LogP contribution in [0.15, 0.2) is 84.3 Å². The smallest absolute Gasteiger partial charge is 0.237 e. The highest BCUT2D eigenvalue weighted by molar-refractivity contribution is 8.00. The maximum atomic E-state index is 12.8. The number of rotatable bonds is 6. The molecule has 4 aromatic rings. The standard InChI is InChI=1S/C22H20N6OS/c1-15(30-22-27-26-20(28(22)23)17-10-7-13-24-14-17)21(29)25-19-12-6-5-11-18(19)16-8-3-2-4-9-16/h2-15H,23H2,1H3,(H,25,29)/t15-/m0/s1. The van der Waals surface area contributed by atoms with Crippen molar-refractivity contribution in [2.75, 3.05) is 11.2 Å². The van der Waals surface area contributed by atoms with Gasteiger partial charge in [-0.2, -0.15) is 0 Å². The number of anilines is 1. The Morgan fingerprint density at radius 3 is 2.50 bits per heavy atom. The molecule has 8 heteroatoms. The second kappa shape index (κ2) is 8.79. The van der Waals surface area contributed by atoms with Gasteiger partial charge in [0.25, 0.3) is 0 Å². The Bertz CT molecular complexity index is 1150. The number of aromatic nitrogens is 4. The average Bonchev–Trinajstić information content (AvgIpc) is 3.15. The predicted molar refractivity (Wildman–Crippen MR) is 119 cm³/mol. The molecule has 2 heterocycles. The molecule has 0 bridgehead atoms. The predicted octanol–water partition coefficient (Wildman–Crippen LogP) is 3.84. The molecular weight excluding hydrogens is 396 g/mol. The lowest BCUT2D eigenvalue weighted by Gasteiger charge is -2.14. The Hall–Kier alpha value is -3.65. The molecule has 150 valence electrons. The first-order valence-corrected chi connectivity index (χ1v) is 10.2. The Kier molecular flexibility index (Phi) is 5.76. The van der Waals surface area contributed by atoms with Gasteiger partial charge in [-0.1, -0.05) is 60.3 Å². The Morgan fingerprint density at radius 1 is 1.00 bits per heavy atom. The van der Waals surface area contributed by atoms with Crippen molar-refractivity contribution >= 4 is 23.4 Å². The molecule has 0 saturated heterocycles. The van der Waals surface area contributed by atoms with Gasteiger partial charge in [0.15, 0.2) is 5.82 Å². The van der Waals surface area contributed by atoms with Crippen LogP contribution in [0.2, 0.25) is 0 Å². The zero-order chi connectivity index (χ0) is 20.9. The topological polar surface area (TPSA) is 98.7 Å². The molecule has 0 fully saturated rings. The van der Waals surface area contributed by atoms with Crippen LogP contribution in [0.4, 0.5) is 5.69 Å². The van der Waals surface area contributed by atoms with Gasteiger partial charge in [-0.25, -0.2) is 4.68 Å². The van der Waals surface area contributed by atoms with E-state index in [-0.39, 0.29) is 5.91 Å². The molecule has 0 aliphatic carbocycles. The molecule has 7 nitrogen and oxygen atoms in total. The van der Waals surface area contributed by atoms with Crippen molar-refractivity contribution < 1.29 is 4.79 Å². The normalized spacial score (nSPS) is 11.8. The first kappa shape index (κ1) is 19.7. The van der Waals surface area contributed by atoms with Gasteiger partial charge in [0.1, 0.15) is 0 Å². The number of pyridine rings is 1. The van der Waals surface area contributed by atoms with Gasteiger partial charge in [-0.15, -0.1) is 10.2 Å². The van der Waals surface area contributed by atoms with Gasteiger partial charge in [-0.05, 0) is 30.7 Å². The number of thioether (sulfide) groups is 1. The number of benzene rings is 2. The van der Waals surface area contributed by atoms with Gasteiger partial charge in [-0.3, -0.25) is 9.78 Å². The molecule has 0 aliphatic heterocycles. The lowest BCUT2D eigenvalue weighted by molar-refractivity contribution is -0.115. The van der Waals surface area contributed by atoms with Gasteiger partial charge in [0.05, 0.1) is 5.25 Å². The van der Waals surface area contributed by atoms with Crippen LogP contribution in [-0.4, -0.2) is 31.0 Å². The lowest BCUT2D eigenvalue weighted by atomic mass is 10.0. The van der Waals surface area contributed by atoms with E-state index in [4.69, 9.17) is 5.84 Å². The fourth-order valence-corrected chi connectivity index (χ4v) is 3.73. The van der Waals surface area contributed by atoms with Crippen LogP contribution in [0.25, 0.3) is 22.5 Å². The summed E-state index contributed by atoms with van der Waals surface area (Å²) < 4.78 is 1.38. The number of carbonyl (C=O) groups is 1. The number of amides is 1. The largest absolute Gasteiger partial charge is 0.335 e. The van der Waals surface area contributed by atoms with E-state index in [2.05, 4.69) is 20.5 Å². The summed E-state index contributed by atoms with van der Waals surface area (Å²) in [6.45, 7) is 1.81. The van der Waals surface area contributed by atoms with Crippen molar-refractivity contribution in [1.82, 2.24) is 19.9 Å². The number of hydrogen-bond donors (Lipinski definition) is 2. The van der Waals surface area contributed by atoms with Crippen molar-refractivity contribution in [3.05, 3.63) is 79.1 Å². The van der Waals surface area contributed by atoms with E-state index in [0.717, 1.165) is 22.4 Å². The molecule has 0 unspecified atom stereocenters. The quantitative estimate of drug-likeness (QED) is 0.366. The number of hydrogen-bond acceptors (Lipinski definition) is 6. The summed E-state index contributed by atoms with van der Waals surface area (Å²) in [5.74, 6) is 6.50. The number of nitrogens with two attached hydrogens (primary N) is 1. The van der Waals surface area contributed by atoms with Crippen molar-refractivity contribution in [3.8, 4) is 22.5 Å². The highest BCUT2D eigenvalue weighted by Crippen LogP contribution is 2.29. The lowest BCUT2D eigenvalue weighted by Crippen LogP contribution is -2.24. The van der Waals surface area contributed by atoms with Crippen LogP contribution >= 0.6 is 11.8 Å². The Labute approximate surface area is 178 Å². The van der Waals surface area contributed by atoms with Gasteiger partial charge in [0, 0.05) is 29.2 Å². The number of para-hydroxylation sites is 1. The summed E-state index contributed by atoms with van der Waals surface area (Å²) in [5.41, 5.74) is 3.51. The first-order chi connectivity index (χ1) is 14.6. The highest BCUT2D eigenvalue weighted by atomic mass is 32.2. The Morgan fingerprint density at radius 2 is 1.73 bits per heavy atom. The van der Waals surface area contributed by atoms with E-state index in [9.17, 15) is 4.79 Å². The summed E-state index contributed by atoms with van der Waals surface area (Å²) in [6.07, 6.45) is 3.34. The molecule has 4 rings (SSSR count). The average molecular weight is 417 g/mol. The molecule has 1 atom stereocenters. The summed E-state index contributed by atoms with van der Waals surface area (Å²) in [4.78, 5) is 16.9.